The average Bonchev–Trinajstić information content (AvgIpc) is 2.53. The van der Waals surface area contributed by atoms with Crippen molar-refractivity contribution in [3.8, 4) is 0 Å². The van der Waals surface area contributed by atoms with E-state index in [1.165, 1.54) is 0 Å². The first-order valence-electron chi connectivity index (χ1n) is 4.39. The molecule has 1 fully saturated rings. The highest BCUT2D eigenvalue weighted by Gasteiger charge is 2.33. The second kappa shape index (κ2) is 3.69. The minimum atomic E-state index is -0.648. The molecule has 0 aliphatic carbocycles. The van der Waals surface area contributed by atoms with Crippen molar-refractivity contribution in [1.82, 2.24) is 5.32 Å². The molecule has 0 amide bonds. The van der Waals surface area contributed by atoms with E-state index in [9.17, 15) is 5.11 Å². The van der Waals surface area contributed by atoms with Crippen molar-refractivity contribution in [2.75, 3.05) is 13.1 Å². The van der Waals surface area contributed by atoms with E-state index in [0.717, 1.165) is 28.7 Å². The molecule has 2 heterocycles. The number of hydrogen-bond donors (Lipinski definition) is 2. The summed E-state index contributed by atoms with van der Waals surface area (Å²) >= 11 is 5.08. The summed E-state index contributed by atoms with van der Waals surface area (Å²) in [4.78, 5) is 1.06. The summed E-state index contributed by atoms with van der Waals surface area (Å²) in [6.07, 6.45) is 1.90. The lowest BCUT2D eigenvalue weighted by molar-refractivity contribution is 0.0152. The standard InChI is InChI=1S/C9H12BrNOS/c10-7-2-5-13-8(7)9(12)3-1-4-11-6-9/h2,5,11-12H,1,3-4,6H2. The summed E-state index contributed by atoms with van der Waals surface area (Å²) < 4.78 is 1.03. The van der Waals surface area contributed by atoms with Gasteiger partial charge >= 0.3 is 0 Å². The Morgan fingerprint density at radius 2 is 2.46 bits per heavy atom. The Bertz CT molecular complexity index is 294. The molecule has 1 aromatic rings. The lowest BCUT2D eigenvalue weighted by atomic mass is 9.93. The normalized spacial score (nSPS) is 29.1. The number of aliphatic hydroxyl groups is 1. The molecular weight excluding hydrogens is 250 g/mol. The Morgan fingerprint density at radius 1 is 1.62 bits per heavy atom. The van der Waals surface area contributed by atoms with E-state index in [2.05, 4.69) is 21.2 Å². The third-order valence-corrected chi connectivity index (χ3v) is 4.43. The van der Waals surface area contributed by atoms with Crippen LogP contribution in [0.25, 0.3) is 0 Å². The van der Waals surface area contributed by atoms with Crippen LogP contribution in [0.15, 0.2) is 15.9 Å². The second-order valence-electron chi connectivity index (χ2n) is 3.41. The Kier molecular flexibility index (Phi) is 2.74. The van der Waals surface area contributed by atoms with Crippen molar-refractivity contribution < 1.29 is 5.11 Å². The average molecular weight is 262 g/mol. The predicted octanol–water partition coefficient (Wildman–Crippen LogP) is 2.08. The Balaban J connectivity index is 2.27. The number of piperidine rings is 1. The first kappa shape index (κ1) is 9.65. The first-order valence-corrected chi connectivity index (χ1v) is 6.06. The molecule has 2 nitrogen and oxygen atoms in total. The zero-order chi connectivity index (χ0) is 9.31. The summed E-state index contributed by atoms with van der Waals surface area (Å²) in [5.41, 5.74) is -0.648. The summed E-state index contributed by atoms with van der Waals surface area (Å²) in [5.74, 6) is 0. The molecule has 2 rings (SSSR count). The number of rotatable bonds is 1. The van der Waals surface area contributed by atoms with Gasteiger partial charge in [-0.25, -0.2) is 0 Å². The molecule has 1 aliphatic heterocycles. The van der Waals surface area contributed by atoms with Gasteiger partial charge in [0.2, 0.25) is 0 Å². The van der Waals surface area contributed by atoms with Crippen LogP contribution < -0.4 is 5.32 Å². The van der Waals surface area contributed by atoms with Crippen LogP contribution in [0, 0.1) is 0 Å². The van der Waals surface area contributed by atoms with Gasteiger partial charge in [0.15, 0.2) is 0 Å². The molecule has 1 atom stereocenters. The summed E-state index contributed by atoms with van der Waals surface area (Å²) in [7, 11) is 0. The number of halogens is 1. The monoisotopic (exact) mass is 261 g/mol. The fraction of sp³-hybridized carbons (Fsp3) is 0.556. The Morgan fingerprint density at radius 3 is 3.00 bits per heavy atom. The van der Waals surface area contributed by atoms with Crippen molar-refractivity contribution >= 4 is 27.3 Å². The predicted molar refractivity (Wildman–Crippen MR) is 58.0 cm³/mol. The van der Waals surface area contributed by atoms with Crippen LogP contribution in [0.1, 0.15) is 17.7 Å². The van der Waals surface area contributed by atoms with Crippen molar-refractivity contribution in [2.24, 2.45) is 0 Å². The minimum Gasteiger partial charge on any atom is -0.383 e. The highest BCUT2D eigenvalue weighted by atomic mass is 79.9. The lowest BCUT2D eigenvalue weighted by Gasteiger charge is -2.32. The number of hydrogen-bond acceptors (Lipinski definition) is 3. The smallest absolute Gasteiger partial charge is 0.112 e. The van der Waals surface area contributed by atoms with Crippen LogP contribution in [0.2, 0.25) is 0 Å². The molecule has 72 valence electrons. The van der Waals surface area contributed by atoms with Gasteiger partial charge in [-0.2, -0.15) is 0 Å². The fourth-order valence-electron chi connectivity index (χ4n) is 1.71. The van der Waals surface area contributed by atoms with E-state index in [-0.39, 0.29) is 0 Å². The van der Waals surface area contributed by atoms with Crippen molar-refractivity contribution in [3.05, 3.63) is 20.8 Å². The van der Waals surface area contributed by atoms with Gasteiger partial charge in [-0.3, -0.25) is 0 Å². The molecule has 0 aromatic carbocycles. The van der Waals surface area contributed by atoms with Crippen molar-refractivity contribution in [1.29, 1.82) is 0 Å². The zero-order valence-corrected chi connectivity index (χ0v) is 9.62. The molecule has 1 unspecified atom stereocenters. The highest BCUT2D eigenvalue weighted by Crippen LogP contribution is 2.37. The summed E-state index contributed by atoms with van der Waals surface area (Å²) in [5, 5.41) is 15.6. The lowest BCUT2D eigenvalue weighted by Crippen LogP contribution is -2.42. The maximum Gasteiger partial charge on any atom is 0.112 e. The molecule has 0 bridgehead atoms. The highest BCUT2D eigenvalue weighted by molar-refractivity contribution is 9.10. The van der Waals surface area contributed by atoms with Gasteiger partial charge in [0.25, 0.3) is 0 Å². The maximum atomic E-state index is 10.3. The number of β-amino-alcohol motifs (C(OH)–C–C–N with tert-alkyl or cyclic N) is 1. The van der Waals surface area contributed by atoms with Gasteiger partial charge in [0.05, 0.1) is 4.88 Å². The Hall–Kier alpha value is 0.1000. The van der Waals surface area contributed by atoms with E-state index in [4.69, 9.17) is 0 Å². The van der Waals surface area contributed by atoms with Crippen LogP contribution in [-0.4, -0.2) is 18.2 Å². The SMILES string of the molecule is OC1(c2sccc2Br)CCCNC1. The van der Waals surface area contributed by atoms with Crippen LogP contribution in [0.5, 0.6) is 0 Å². The van der Waals surface area contributed by atoms with Gasteiger partial charge in [0, 0.05) is 11.0 Å². The zero-order valence-electron chi connectivity index (χ0n) is 7.22. The summed E-state index contributed by atoms with van der Waals surface area (Å²) in [6.45, 7) is 1.69. The molecule has 1 saturated heterocycles. The number of thiophene rings is 1. The Labute approximate surface area is 90.1 Å². The largest absolute Gasteiger partial charge is 0.383 e. The molecular formula is C9H12BrNOS. The molecule has 0 spiro atoms. The molecule has 2 N–H and O–H groups in total. The topological polar surface area (TPSA) is 32.3 Å². The number of nitrogens with one attached hydrogen (secondary N) is 1. The van der Waals surface area contributed by atoms with Gasteiger partial charge in [-0.1, -0.05) is 0 Å². The molecule has 1 aromatic heterocycles. The molecule has 4 heteroatoms. The molecule has 0 radical (unpaired) electrons. The van der Waals surface area contributed by atoms with Crippen LogP contribution in [0.3, 0.4) is 0 Å². The quantitative estimate of drug-likeness (QED) is 0.812. The third kappa shape index (κ3) is 1.81. The van der Waals surface area contributed by atoms with Gasteiger partial charge in [-0.05, 0) is 46.8 Å². The minimum absolute atomic E-state index is 0.648. The van der Waals surface area contributed by atoms with E-state index in [0.29, 0.717) is 6.54 Å². The van der Waals surface area contributed by atoms with Crippen LogP contribution >= 0.6 is 27.3 Å². The molecule has 1 aliphatic rings. The van der Waals surface area contributed by atoms with Gasteiger partial charge in [-0.15, -0.1) is 11.3 Å². The van der Waals surface area contributed by atoms with E-state index >= 15 is 0 Å². The fourth-order valence-corrected chi connectivity index (χ4v) is 3.58. The maximum absolute atomic E-state index is 10.3. The second-order valence-corrected chi connectivity index (χ2v) is 5.18. The van der Waals surface area contributed by atoms with Gasteiger partial charge < -0.3 is 10.4 Å². The van der Waals surface area contributed by atoms with E-state index < -0.39 is 5.60 Å². The van der Waals surface area contributed by atoms with Crippen molar-refractivity contribution in [2.45, 2.75) is 18.4 Å². The van der Waals surface area contributed by atoms with Crippen LogP contribution in [0.4, 0.5) is 0 Å². The van der Waals surface area contributed by atoms with Gasteiger partial charge in [0.1, 0.15) is 5.60 Å². The third-order valence-electron chi connectivity index (χ3n) is 2.40. The van der Waals surface area contributed by atoms with Crippen molar-refractivity contribution in [3.63, 3.8) is 0 Å². The van der Waals surface area contributed by atoms with Crippen LogP contribution in [-0.2, 0) is 5.60 Å². The van der Waals surface area contributed by atoms with E-state index in [1.54, 1.807) is 11.3 Å². The first-order chi connectivity index (χ1) is 6.22. The molecule has 0 saturated carbocycles. The van der Waals surface area contributed by atoms with E-state index in [1.807, 2.05) is 11.4 Å². The summed E-state index contributed by atoms with van der Waals surface area (Å²) in [6, 6.07) is 1.99. The molecule has 13 heavy (non-hydrogen) atoms.